The van der Waals surface area contributed by atoms with E-state index in [1.807, 2.05) is 30.7 Å². The van der Waals surface area contributed by atoms with Crippen LogP contribution in [0.5, 0.6) is 0 Å². The van der Waals surface area contributed by atoms with Crippen molar-refractivity contribution in [1.29, 1.82) is 0 Å². The summed E-state index contributed by atoms with van der Waals surface area (Å²) >= 11 is 0. The highest BCUT2D eigenvalue weighted by atomic mass is 16.6. The van der Waals surface area contributed by atoms with Crippen LogP contribution in [0.1, 0.15) is 48.1 Å². The van der Waals surface area contributed by atoms with Crippen LogP contribution < -0.4 is 5.32 Å². The molecule has 0 saturated carbocycles. The van der Waals surface area contributed by atoms with Gasteiger partial charge in [0.25, 0.3) is 0 Å². The van der Waals surface area contributed by atoms with Crippen LogP contribution in [0.25, 0.3) is 0 Å². The standard InChI is InChI=1S/C33H37N3O3/c37-32(34-20-12-1-2-13-21-38-24-31-25-39-31)22-30-23-36(26-35-30)33(27-14-6-3-7-15-27,28-16-8-4-9-17-28)29-18-10-5-11-19-29/h3-11,14-19,23,26,31H,1-2,12-13,20-22,24-25H2,(H,34,37). The number of carbonyl (C=O) groups is 1. The van der Waals surface area contributed by atoms with E-state index in [0.29, 0.717) is 12.6 Å². The fourth-order valence-corrected chi connectivity index (χ4v) is 5.14. The molecule has 1 saturated heterocycles. The molecule has 2 heterocycles. The van der Waals surface area contributed by atoms with Crippen molar-refractivity contribution in [1.82, 2.24) is 14.9 Å². The first-order chi connectivity index (χ1) is 19.3. The van der Waals surface area contributed by atoms with Crippen molar-refractivity contribution in [3.63, 3.8) is 0 Å². The third-order valence-corrected chi connectivity index (χ3v) is 7.18. The lowest BCUT2D eigenvalue weighted by Crippen LogP contribution is -2.37. The highest BCUT2D eigenvalue weighted by Gasteiger charge is 2.38. The number of amides is 1. The number of benzene rings is 3. The van der Waals surface area contributed by atoms with E-state index in [2.05, 4.69) is 87.7 Å². The number of imidazole rings is 1. The highest BCUT2D eigenvalue weighted by Crippen LogP contribution is 2.40. The molecule has 1 aliphatic rings. The normalized spacial score (nSPS) is 14.7. The number of epoxide rings is 1. The smallest absolute Gasteiger partial charge is 0.226 e. The third kappa shape index (κ3) is 6.83. The monoisotopic (exact) mass is 523 g/mol. The summed E-state index contributed by atoms with van der Waals surface area (Å²) in [4.78, 5) is 17.4. The minimum Gasteiger partial charge on any atom is -0.379 e. The lowest BCUT2D eigenvalue weighted by atomic mass is 9.77. The summed E-state index contributed by atoms with van der Waals surface area (Å²) in [6.07, 6.45) is 8.64. The van der Waals surface area contributed by atoms with Crippen LogP contribution in [-0.4, -0.2) is 47.9 Å². The Morgan fingerprint density at radius 2 is 1.44 bits per heavy atom. The molecule has 4 aromatic rings. The van der Waals surface area contributed by atoms with E-state index in [4.69, 9.17) is 9.47 Å². The van der Waals surface area contributed by atoms with Crippen molar-refractivity contribution in [3.8, 4) is 0 Å². The molecule has 5 rings (SSSR count). The summed E-state index contributed by atoms with van der Waals surface area (Å²) in [5.41, 5.74) is 3.50. The Bertz CT molecular complexity index is 1190. The van der Waals surface area contributed by atoms with Gasteiger partial charge in [-0.15, -0.1) is 0 Å². The summed E-state index contributed by atoms with van der Waals surface area (Å²) in [6.45, 7) is 3.02. The van der Waals surface area contributed by atoms with Gasteiger partial charge in [-0.1, -0.05) is 104 Å². The first-order valence-electron chi connectivity index (χ1n) is 13.9. The molecule has 3 aromatic carbocycles. The van der Waals surface area contributed by atoms with Gasteiger partial charge in [-0.2, -0.15) is 0 Å². The fraction of sp³-hybridized carbons (Fsp3) is 0.333. The van der Waals surface area contributed by atoms with Crippen molar-refractivity contribution in [3.05, 3.63) is 126 Å². The van der Waals surface area contributed by atoms with Gasteiger partial charge in [-0.3, -0.25) is 4.79 Å². The number of unbranched alkanes of at least 4 members (excludes halogenated alkanes) is 3. The van der Waals surface area contributed by atoms with Gasteiger partial charge in [0.1, 0.15) is 11.6 Å². The average molecular weight is 524 g/mol. The molecule has 1 unspecified atom stereocenters. The van der Waals surface area contributed by atoms with Crippen LogP contribution in [0.3, 0.4) is 0 Å². The Morgan fingerprint density at radius 1 is 0.872 bits per heavy atom. The molecular formula is C33H37N3O3. The summed E-state index contributed by atoms with van der Waals surface area (Å²) in [5.74, 6) is -0.00208. The second-order valence-corrected chi connectivity index (χ2v) is 10.1. The predicted molar refractivity (Wildman–Crippen MR) is 153 cm³/mol. The Balaban J connectivity index is 1.25. The number of nitrogens with zero attached hydrogens (tertiary/aromatic N) is 2. The molecule has 1 aromatic heterocycles. The zero-order chi connectivity index (χ0) is 26.8. The summed E-state index contributed by atoms with van der Waals surface area (Å²) in [7, 11) is 0. The number of hydrogen-bond acceptors (Lipinski definition) is 4. The predicted octanol–water partition coefficient (Wildman–Crippen LogP) is 5.36. The minimum absolute atomic E-state index is 0.00208. The summed E-state index contributed by atoms with van der Waals surface area (Å²) in [5, 5.41) is 3.06. The molecule has 0 bridgehead atoms. The van der Waals surface area contributed by atoms with E-state index in [9.17, 15) is 4.79 Å². The lowest BCUT2D eigenvalue weighted by molar-refractivity contribution is -0.120. The Labute approximate surface area is 231 Å². The van der Waals surface area contributed by atoms with E-state index < -0.39 is 5.54 Å². The maximum Gasteiger partial charge on any atom is 0.226 e. The van der Waals surface area contributed by atoms with Gasteiger partial charge in [-0.25, -0.2) is 4.98 Å². The molecule has 1 N–H and O–H groups in total. The molecule has 1 amide bonds. The van der Waals surface area contributed by atoms with Crippen molar-refractivity contribution < 1.29 is 14.3 Å². The van der Waals surface area contributed by atoms with Crippen LogP contribution in [0.2, 0.25) is 0 Å². The molecule has 0 spiro atoms. The van der Waals surface area contributed by atoms with Gasteiger partial charge < -0.3 is 19.4 Å². The maximum atomic E-state index is 12.7. The maximum absolute atomic E-state index is 12.7. The minimum atomic E-state index is -0.624. The first kappa shape index (κ1) is 26.9. The quantitative estimate of drug-likeness (QED) is 0.129. The Hall–Kier alpha value is -3.74. The van der Waals surface area contributed by atoms with Gasteiger partial charge in [0, 0.05) is 19.3 Å². The SMILES string of the molecule is O=C(Cc1cn(C(c2ccccc2)(c2ccccc2)c2ccccc2)cn1)NCCCCCCOCC1CO1. The molecule has 1 atom stereocenters. The lowest BCUT2D eigenvalue weighted by Gasteiger charge is -2.37. The van der Waals surface area contributed by atoms with Crippen molar-refractivity contribution in [2.45, 2.75) is 43.7 Å². The molecular weight excluding hydrogens is 486 g/mol. The van der Waals surface area contributed by atoms with Gasteiger partial charge in [0.2, 0.25) is 5.91 Å². The van der Waals surface area contributed by atoms with Crippen LogP contribution in [0.15, 0.2) is 104 Å². The van der Waals surface area contributed by atoms with Crippen molar-refractivity contribution in [2.75, 3.05) is 26.4 Å². The van der Waals surface area contributed by atoms with E-state index >= 15 is 0 Å². The van der Waals surface area contributed by atoms with Gasteiger partial charge in [0.05, 0.1) is 31.7 Å². The average Bonchev–Trinajstić information content (AvgIpc) is 3.70. The van der Waals surface area contributed by atoms with Crippen LogP contribution in [0, 0.1) is 0 Å². The zero-order valence-electron chi connectivity index (χ0n) is 22.4. The van der Waals surface area contributed by atoms with Crippen LogP contribution in [-0.2, 0) is 26.2 Å². The van der Waals surface area contributed by atoms with Crippen LogP contribution in [0.4, 0.5) is 0 Å². The molecule has 202 valence electrons. The largest absolute Gasteiger partial charge is 0.379 e. The van der Waals surface area contributed by atoms with Crippen LogP contribution >= 0.6 is 0 Å². The molecule has 1 aliphatic heterocycles. The molecule has 39 heavy (non-hydrogen) atoms. The first-order valence-corrected chi connectivity index (χ1v) is 13.9. The second kappa shape index (κ2) is 13.4. The molecule has 6 nitrogen and oxygen atoms in total. The van der Waals surface area contributed by atoms with Gasteiger partial charge >= 0.3 is 0 Å². The number of carbonyl (C=O) groups excluding carboxylic acids is 1. The van der Waals surface area contributed by atoms with Gasteiger partial charge in [0.15, 0.2) is 0 Å². The van der Waals surface area contributed by atoms with Crippen molar-refractivity contribution in [2.24, 2.45) is 0 Å². The number of nitrogens with one attached hydrogen (secondary N) is 1. The summed E-state index contributed by atoms with van der Waals surface area (Å²) < 4.78 is 12.9. The topological polar surface area (TPSA) is 68.7 Å². The molecule has 6 heteroatoms. The molecule has 0 radical (unpaired) electrons. The summed E-state index contributed by atoms with van der Waals surface area (Å²) in [6, 6.07) is 31.4. The third-order valence-electron chi connectivity index (χ3n) is 7.18. The zero-order valence-corrected chi connectivity index (χ0v) is 22.4. The van der Waals surface area contributed by atoms with Crippen molar-refractivity contribution >= 4 is 5.91 Å². The second-order valence-electron chi connectivity index (χ2n) is 10.1. The molecule has 0 aliphatic carbocycles. The van der Waals surface area contributed by atoms with Gasteiger partial charge in [-0.05, 0) is 29.5 Å². The Kier molecular flexibility index (Phi) is 9.20. The number of hydrogen-bond donors (Lipinski definition) is 1. The number of aromatic nitrogens is 2. The highest BCUT2D eigenvalue weighted by molar-refractivity contribution is 5.78. The fourth-order valence-electron chi connectivity index (χ4n) is 5.14. The molecule has 1 fully saturated rings. The van der Waals surface area contributed by atoms with E-state index in [1.165, 1.54) is 0 Å². The van der Waals surface area contributed by atoms with E-state index in [-0.39, 0.29) is 12.3 Å². The number of rotatable bonds is 15. The van der Waals surface area contributed by atoms with E-state index in [0.717, 1.165) is 67.9 Å². The Morgan fingerprint density at radius 3 is 2.00 bits per heavy atom. The number of ether oxygens (including phenoxy) is 2. The van der Waals surface area contributed by atoms with E-state index in [1.54, 1.807) is 0 Å².